The third-order valence-electron chi connectivity index (χ3n) is 3.07. The molecule has 0 radical (unpaired) electrons. The van der Waals surface area contributed by atoms with Gasteiger partial charge in [-0.1, -0.05) is 6.07 Å². The molecule has 2 amide bonds. The van der Waals surface area contributed by atoms with E-state index in [1.807, 2.05) is 0 Å². The van der Waals surface area contributed by atoms with Crippen molar-refractivity contribution in [1.82, 2.24) is 10.6 Å². The van der Waals surface area contributed by atoms with Crippen LogP contribution in [0.1, 0.15) is 45.7 Å². The zero-order valence-corrected chi connectivity index (χ0v) is 14.7. The Bertz CT molecular complexity index is 584. The van der Waals surface area contributed by atoms with E-state index in [1.165, 1.54) is 19.2 Å². The molecule has 24 heavy (non-hydrogen) atoms. The van der Waals surface area contributed by atoms with Gasteiger partial charge < -0.3 is 20.1 Å². The van der Waals surface area contributed by atoms with Crippen LogP contribution in [0.15, 0.2) is 18.2 Å². The Kier molecular flexibility index (Phi) is 7.00. The second-order valence-electron chi connectivity index (χ2n) is 6.36. The average molecular weight is 340 g/mol. The lowest BCUT2D eigenvalue weighted by Gasteiger charge is -2.19. The fourth-order valence-electron chi connectivity index (χ4n) is 1.94. The summed E-state index contributed by atoms with van der Waals surface area (Å²) < 4.78 is 23.6. The van der Waals surface area contributed by atoms with Crippen molar-refractivity contribution >= 4 is 12.0 Å². The lowest BCUT2D eigenvalue weighted by atomic mass is 10.1. The van der Waals surface area contributed by atoms with Gasteiger partial charge in [-0.3, -0.25) is 4.79 Å². The maximum absolute atomic E-state index is 13.7. The Morgan fingerprint density at radius 3 is 2.50 bits per heavy atom. The number of carbonyl (C=O) groups is 2. The lowest BCUT2D eigenvalue weighted by molar-refractivity contribution is -0.121. The Morgan fingerprint density at radius 1 is 1.29 bits per heavy atom. The van der Waals surface area contributed by atoms with Crippen LogP contribution in [0.5, 0.6) is 5.75 Å². The summed E-state index contributed by atoms with van der Waals surface area (Å²) in [5, 5.41) is 5.25. The van der Waals surface area contributed by atoms with Crippen LogP contribution in [-0.4, -0.2) is 31.3 Å². The smallest absolute Gasteiger partial charge is 0.407 e. The number of ether oxygens (including phenoxy) is 2. The van der Waals surface area contributed by atoms with Gasteiger partial charge in [0.25, 0.3) is 0 Å². The van der Waals surface area contributed by atoms with Crippen LogP contribution in [0.3, 0.4) is 0 Å². The topological polar surface area (TPSA) is 76.7 Å². The first-order valence-corrected chi connectivity index (χ1v) is 7.72. The molecule has 0 aromatic heterocycles. The number of nitrogens with one attached hydrogen (secondary N) is 2. The fraction of sp³-hybridized carbons (Fsp3) is 0.529. The molecule has 0 saturated carbocycles. The molecule has 1 rings (SSSR count). The SMILES string of the molecule is COc1ccc(C(C)NC(=O)CCNC(=O)OC(C)(C)C)cc1F. The minimum absolute atomic E-state index is 0.0994. The molecule has 0 fully saturated rings. The molecule has 0 aliphatic rings. The van der Waals surface area contributed by atoms with Crippen LogP contribution in [-0.2, 0) is 9.53 Å². The maximum atomic E-state index is 13.7. The van der Waals surface area contributed by atoms with Crippen molar-refractivity contribution < 1.29 is 23.5 Å². The molecule has 0 aliphatic carbocycles. The number of benzene rings is 1. The molecular weight excluding hydrogens is 315 g/mol. The van der Waals surface area contributed by atoms with E-state index in [4.69, 9.17) is 9.47 Å². The highest BCUT2D eigenvalue weighted by atomic mass is 19.1. The summed E-state index contributed by atoms with van der Waals surface area (Å²) in [6, 6.07) is 4.16. The Morgan fingerprint density at radius 2 is 1.96 bits per heavy atom. The highest BCUT2D eigenvalue weighted by Crippen LogP contribution is 2.21. The molecule has 0 saturated heterocycles. The summed E-state index contributed by atoms with van der Waals surface area (Å²) in [7, 11) is 1.39. The van der Waals surface area contributed by atoms with E-state index >= 15 is 0 Å². The summed E-state index contributed by atoms with van der Waals surface area (Å²) in [5.41, 5.74) is 0.0426. The molecular formula is C17H25FN2O4. The van der Waals surface area contributed by atoms with Gasteiger partial charge in [0.15, 0.2) is 11.6 Å². The van der Waals surface area contributed by atoms with Crippen LogP contribution in [0.2, 0.25) is 0 Å². The predicted octanol–water partition coefficient (Wildman–Crippen LogP) is 2.93. The first kappa shape index (κ1) is 19.7. The highest BCUT2D eigenvalue weighted by molar-refractivity contribution is 5.77. The molecule has 2 N–H and O–H groups in total. The summed E-state index contributed by atoms with van der Waals surface area (Å²) >= 11 is 0. The first-order valence-electron chi connectivity index (χ1n) is 7.72. The summed E-state index contributed by atoms with van der Waals surface area (Å²) in [5.74, 6) is -0.587. The molecule has 7 heteroatoms. The van der Waals surface area contributed by atoms with Crippen molar-refractivity contribution in [3.05, 3.63) is 29.6 Å². The van der Waals surface area contributed by atoms with Crippen molar-refractivity contribution in [3.8, 4) is 5.75 Å². The quantitative estimate of drug-likeness (QED) is 0.835. The third kappa shape index (κ3) is 6.85. The Labute approximate surface area is 141 Å². The van der Waals surface area contributed by atoms with E-state index in [0.29, 0.717) is 5.56 Å². The number of carbonyl (C=O) groups excluding carboxylic acids is 2. The van der Waals surface area contributed by atoms with Crippen molar-refractivity contribution in [2.75, 3.05) is 13.7 Å². The maximum Gasteiger partial charge on any atom is 0.407 e. The Balaban J connectivity index is 2.42. The summed E-state index contributed by atoms with van der Waals surface area (Å²) in [4.78, 5) is 23.3. The van der Waals surface area contributed by atoms with E-state index in [1.54, 1.807) is 33.8 Å². The van der Waals surface area contributed by atoms with Crippen LogP contribution in [0.4, 0.5) is 9.18 Å². The third-order valence-corrected chi connectivity index (χ3v) is 3.07. The predicted molar refractivity (Wildman–Crippen MR) is 88.4 cm³/mol. The Hall–Kier alpha value is -2.31. The van der Waals surface area contributed by atoms with Gasteiger partial charge in [-0.05, 0) is 45.4 Å². The van der Waals surface area contributed by atoms with Crippen molar-refractivity contribution in [2.24, 2.45) is 0 Å². The standard InChI is InChI=1S/C17H25FN2O4/c1-11(12-6-7-14(23-5)13(18)10-12)20-15(21)8-9-19-16(22)24-17(2,3)4/h6-7,10-11H,8-9H2,1-5H3,(H,19,22)(H,20,21). The van der Waals surface area contributed by atoms with Gasteiger partial charge in [0.1, 0.15) is 5.60 Å². The summed E-state index contributed by atoms with van der Waals surface area (Å²) in [6.07, 6.45) is -0.469. The number of amides is 2. The second-order valence-corrected chi connectivity index (χ2v) is 6.36. The molecule has 6 nitrogen and oxygen atoms in total. The highest BCUT2D eigenvalue weighted by Gasteiger charge is 2.16. The molecule has 0 heterocycles. The zero-order chi connectivity index (χ0) is 18.3. The number of hydrogen-bond donors (Lipinski definition) is 2. The number of hydrogen-bond acceptors (Lipinski definition) is 4. The monoisotopic (exact) mass is 340 g/mol. The number of methoxy groups -OCH3 is 1. The average Bonchev–Trinajstić information content (AvgIpc) is 2.45. The minimum atomic E-state index is -0.584. The van der Waals surface area contributed by atoms with E-state index in [9.17, 15) is 14.0 Å². The van der Waals surface area contributed by atoms with Gasteiger partial charge in [0.05, 0.1) is 13.2 Å². The van der Waals surface area contributed by atoms with E-state index < -0.39 is 17.5 Å². The largest absolute Gasteiger partial charge is 0.494 e. The molecule has 134 valence electrons. The second kappa shape index (κ2) is 8.52. The van der Waals surface area contributed by atoms with Gasteiger partial charge in [-0.15, -0.1) is 0 Å². The molecule has 1 unspecified atom stereocenters. The van der Waals surface area contributed by atoms with E-state index in [2.05, 4.69) is 10.6 Å². The molecule has 1 aromatic rings. The van der Waals surface area contributed by atoms with Gasteiger partial charge in [0.2, 0.25) is 5.91 Å². The van der Waals surface area contributed by atoms with E-state index in [-0.39, 0.29) is 30.7 Å². The molecule has 0 aliphatic heterocycles. The molecule has 0 spiro atoms. The zero-order valence-electron chi connectivity index (χ0n) is 14.7. The van der Waals surface area contributed by atoms with Crippen molar-refractivity contribution in [2.45, 2.75) is 45.8 Å². The van der Waals surface area contributed by atoms with Crippen LogP contribution in [0.25, 0.3) is 0 Å². The normalized spacial score (nSPS) is 12.2. The molecule has 1 aromatic carbocycles. The lowest BCUT2D eigenvalue weighted by Crippen LogP contribution is -2.35. The van der Waals surface area contributed by atoms with Crippen LogP contribution < -0.4 is 15.4 Å². The van der Waals surface area contributed by atoms with E-state index in [0.717, 1.165) is 0 Å². The number of rotatable bonds is 6. The van der Waals surface area contributed by atoms with Crippen LogP contribution >= 0.6 is 0 Å². The minimum Gasteiger partial charge on any atom is -0.494 e. The first-order chi connectivity index (χ1) is 11.1. The van der Waals surface area contributed by atoms with Crippen molar-refractivity contribution in [1.29, 1.82) is 0 Å². The fourth-order valence-corrected chi connectivity index (χ4v) is 1.94. The van der Waals surface area contributed by atoms with Gasteiger partial charge in [-0.25, -0.2) is 9.18 Å². The number of alkyl carbamates (subject to hydrolysis) is 1. The van der Waals surface area contributed by atoms with Gasteiger partial charge in [-0.2, -0.15) is 0 Å². The van der Waals surface area contributed by atoms with Crippen molar-refractivity contribution in [3.63, 3.8) is 0 Å². The molecule has 1 atom stereocenters. The van der Waals surface area contributed by atoms with Crippen LogP contribution in [0, 0.1) is 5.82 Å². The summed E-state index contributed by atoms with van der Waals surface area (Å²) in [6.45, 7) is 7.18. The van der Waals surface area contributed by atoms with Gasteiger partial charge in [0, 0.05) is 13.0 Å². The van der Waals surface area contributed by atoms with Gasteiger partial charge >= 0.3 is 6.09 Å². The molecule has 0 bridgehead atoms. The number of halogens is 1.